The van der Waals surface area contributed by atoms with Crippen LogP contribution >= 0.6 is 0 Å². The highest BCUT2D eigenvalue weighted by molar-refractivity contribution is 5.98. The summed E-state index contributed by atoms with van der Waals surface area (Å²) in [6, 6.07) is 12.6. The highest BCUT2D eigenvalue weighted by Gasteiger charge is 2.12. The first-order valence-corrected chi connectivity index (χ1v) is 8.93. The number of carbonyl (C=O) groups is 3. The van der Waals surface area contributed by atoms with E-state index < -0.39 is 0 Å². The van der Waals surface area contributed by atoms with Gasteiger partial charge < -0.3 is 15.5 Å². The second-order valence-corrected chi connectivity index (χ2v) is 6.52. The summed E-state index contributed by atoms with van der Waals surface area (Å²) < 4.78 is 0. The number of amides is 3. The third kappa shape index (κ3) is 5.54. The first-order valence-electron chi connectivity index (χ1n) is 8.93. The molecule has 146 valence electrons. The van der Waals surface area contributed by atoms with E-state index in [1.165, 1.54) is 11.0 Å². The lowest BCUT2D eigenvalue weighted by atomic mass is 10.1. The molecule has 6 nitrogen and oxygen atoms in total. The lowest BCUT2D eigenvalue weighted by molar-refractivity contribution is -0.129. The van der Waals surface area contributed by atoms with Gasteiger partial charge >= 0.3 is 0 Å². The molecule has 0 fully saturated rings. The Hall–Kier alpha value is -3.41. The molecule has 2 aromatic carbocycles. The molecule has 28 heavy (non-hydrogen) atoms. The van der Waals surface area contributed by atoms with Crippen molar-refractivity contribution in [1.29, 1.82) is 0 Å². The molecule has 0 spiro atoms. The number of benzene rings is 2. The number of hydrogen-bond donors (Lipinski definition) is 2. The van der Waals surface area contributed by atoms with E-state index in [-0.39, 0.29) is 24.3 Å². The molecule has 0 bridgehead atoms. The Morgan fingerprint density at radius 1 is 1.04 bits per heavy atom. The third-order valence-electron chi connectivity index (χ3n) is 4.45. The molecule has 0 aliphatic rings. The Bertz CT molecular complexity index is 902. The smallest absolute Gasteiger partial charge is 0.251 e. The zero-order chi connectivity index (χ0) is 20.7. The molecule has 6 heteroatoms. The maximum atomic E-state index is 12.2. The quantitative estimate of drug-likeness (QED) is 0.758. The van der Waals surface area contributed by atoms with Crippen LogP contribution in [0.25, 0.3) is 6.08 Å². The normalized spacial score (nSPS) is 10.6. The predicted molar refractivity (Wildman–Crippen MR) is 111 cm³/mol. The van der Waals surface area contributed by atoms with Crippen LogP contribution in [-0.4, -0.2) is 43.3 Å². The van der Waals surface area contributed by atoms with Gasteiger partial charge in [-0.25, -0.2) is 0 Å². The van der Waals surface area contributed by atoms with Gasteiger partial charge in [0.15, 0.2) is 0 Å². The van der Waals surface area contributed by atoms with Crippen molar-refractivity contribution in [2.45, 2.75) is 13.8 Å². The molecule has 2 N–H and O–H groups in total. The summed E-state index contributed by atoms with van der Waals surface area (Å²) in [7, 11) is 3.14. The average molecular weight is 379 g/mol. The number of aryl methyl sites for hydroxylation is 1. The summed E-state index contributed by atoms with van der Waals surface area (Å²) >= 11 is 0. The molecule has 0 aromatic heterocycles. The van der Waals surface area contributed by atoms with Crippen molar-refractivity contribution >= 4 is 29.5 Å². The van der Waals surface area contributed by atoms with E-state index in [2.05, 4.69) is 10.6 Å². The van der Waals surface area contributed by atoms with Crippen LogP contribution in [0.2, 0.25) is 0 Å². The monoisotopic (exact) mass is 379 g/mol. The number of carbonyl (C=O) groups excluding carboxylic acids is 3. The lowest BCUT2D eigenvalue weighted by Crippen LogP contribution is -2.34. The van der Waals surface area contributed by atoms with Crippen molar-refractivity contribution in [3.63, 3.8) is 0 Å². The molecule has 2 aromatic rings. The minimum absolute atomic E-state index is 0.0494. The van der Waals surface area contributed by atoms with E-state index in [9.17, 15) is 14.4 Å². The average Bonchev–Trinajstić information content (AvgIpc) is 2.69. The Kier molecular flexibility index (Phi) is 7.09. The minimum atomic E-state index is -0.286. The fourth-order valence-electron chi connectivity index (χ4n) is 2.55. The molecule has 0 heterocycles. The highest BCUT2D eigenvalue weighted by Crippen LogP contribution is 2.17. The molecule has 0 saturated carbocycles. The second kappa shape index (κ2) is 9.50. The first kappa shape index (κ1) is 20.9. The van der Waals surface area contributed by atoms with Crippen LogP contribution in [0.4, 0.5) is 5.69 Å². The Morgan fingerprint density at radius 3 is 2.36 bits per heavy atom. The maximum Gasteiger partial charge on any atom is 0.251 e. The van der Waals surface area contributed by atoms with Gasteiger partial charge in [-0.05, 0) is 54.8 Å². The van der Waals surface area contributed by atoms with Gasteiger partial charge in [-0.1, -0.05) is 24.3 Å². The van der Waals surface area contributed by atoms with Crippen molar-refractivity contribution in [3.8, 4) is 0 Å². The molecule has 0 radical (unpaired) electrons. The molecular weight excluding hydrogens is 354 g/mol. The van der Waals surface area contributed by atoms with Gasteiger partial charge in [0, 0.05) is 31.4 Å². The number of hydrogen-bond acceptors (Lipinski definition) is 3. The van der Waals surface area contributed by atoms with E-state index in [1.54, 1.807) is 44.4 Å². The molecule has 2 rings (SSSR count). The Morgan fingerprint density at radius 2 is 1.71 bits per heavy atom. The molecule has 0 aliphatic heterocycles. The summed E-state index contributed by atoms with van der Waals surface area (Å²) in [6.07, 6.45) is 3.05. The van der Waals surface area contributed by atoms with Gasteiger partial charge in [0.05, 0.1) is 6.54 Å². The van der Waals surface area contributed by atoms with Crippen molar-refractivity contribution < 1.29 is 14.4 Å². The van der Waals surface area contributed by atoms with Gasteiger partial charge in [-0.15, -0.1) is 0 Å². The lowest BCUT2D eigenvalue weighted by Gasteiger charge is -2.16. The molecule has 0 saturated heterocycles. The van der Waals surface area contributed by atoms with Crippen LogP contribution in [0.5, 0.6) is 0 Å². The van der Waals surface area contributed by atoms with Crippen LogP contribution in [-0.2, 0) is 9.59 Å². The summed E-state index contributed by atoms with van der Waals surface area (Å²) in [5, 5.41) is 5.39. The number of likely N-dealkylation sites (N-methyl/N-ethyl adjacent to an activating group) is 1. The summed E-state index contributed by atoms with van der Waals surface area (Å²) in [5.74, 6) is -0.708. The third-order valence-corrected chi connectivity index (χ3v) is 4.45. The van der Waals surface area contributed by atoms with Crippen molar-refractivity contribution in [1.82, 2.24) is 10.2 Å². The fraction of sp³-hybridized carbons (Fsp3) is 0.227. The van der Waals surface area contributed by atoms with E-state index in [1.807, 2.05) is 32.0 Å². The highest BCUT2D eigenvalue weighted by atomic mass is 16.2. The predicted octanol–water partition coefficient (Wildman–Crippen LogP) is 2.77. The molecule has 0 atom stereocenters. The molecule has 3 amide bonds. The van der Waals surface area contributed by atoms with Gasteiger partial charge in [0.1, 0.15) is 0 Å². The van der Waals surface area contributed by atoms with Crippen molar-refractivity contribution in [2.75, 3.05) is 26.0 Å². The number of anilines is 1. The van der Waals surface area contributed by atoms with Gasteiger partial charge in [-0.2, -0.15) is 0 Å². The number of nitrogens with zero attached hydrogens (tertiary/aromatic N) is 1. The Balaban J connectivity index is 1.93. The largest absolute Gasteiger partial charge is 0.355 e. The Labute approximate surface area is 165 Å². The van der Waals surface area contributed by atoms with Crippen LogP contribution in [0.1, 0.15) is 27.0 Å². The first-order chi connectivity index (χ1) is 13.3. The number of rotatable bonds is 6. The molecular formula is C22H25N3O3. The van der Waals surface area contributed by atoms with Crippen molar-refractivity contribution in [2.24, 2.45) is 0 Å². The zero-order valence-electron chi connectivity index (χ0n) is 16.6. The van der Waals surface area contributed by atoms with Crippen LogP contribution in [0.3, 0.4) is 0 Å². The van der Waals surface area contributed by atoms with Crippen molar-refractivity contribution in [3.05, 3.63) is 70.8 Å². The summed E-state index contributed by atoms with van der Waals surface area (Å²) in [4.78, 5) is 37.3. The van der Waals surface area contributed by atoms with E-state index in [0.29, 0.717) is 5.56 Å². The van der Waals surface area contributed by atoms with Crippen LogP contribution < -0.4 is 10.6 Å². The van der Waals surface area contributed by atoms with Gasteiger partial charge in [0.25, 0.3) is 5.91 Å². The number of nitrogens with one attached hydrogen (secondary N) is 2. The van der Waals surface area contributed by atoms with Gasteiger partial charge in [-0.3, -0.25) is 14.4 Å². The summed E-state index contributed by atoms with van der Waals surface area (Å²) in [5.41, 5.74) is 4.18. The SMILES string of the molecule is CNC(=O)c1ccc(/C=C/C(=O)N(C)CC(=O)Nc2cccc(C)c2C)cc1. The standard InChI is InChI=1S/C22H25N3O3/c1-15-6-5-7-19(16(15)2)24-20(26)14-25(4)21(27)13-10-17-8-11-18(12-9-17)22(28)23-3/h5-13H,14H2,1-4H3,(H,23,28)(H,24,26)/b13-10+. The van der Waals surface area contributed by atoms with E-state index >= 15 is 0 Å². The van der Waals surface area contributed by atoms with E-state index in [4.69, 9.17) is 0 Å². The van der Waals surface area contributed by atoms with Gasteiger partial charge in [0.2, 0.25) is 11.8 Å². The zero-order valence-corrected chi connectivity index (χ0v) is 16.6. The molecule has 0 unspecified atom stereocenters. The topological polar surface area (TPSA) is 78.5 Å². The maximum absolute atomic E-state index is 12.2. The second-order valence-electron chi connectivity index (χ2n) is 6.52. The van der Waals surface area contributed by atoms with Crippen LogP contribution in [0, 0.1) is 13.8 Å². The summed E-state index contributed by atoms with van der Waals surface area (Å²) in [6.45, 7) is 3.87. The van der Waals surface area contributed by atoms with Crippen LogP contribution in [0.15, 0.2) is 48.5 Å². The minimum Gasteiger partial charge on any atom is -0.355 e. The van der Waals surface area contributed by atoms with E-state index in [0.717, 1.165) is 22.4 Å². The molecule has 0 aliphatic carbocycles. The fourth-order valence-corrected chi connectivity index (χ4v) is 2.55.